The van der Waals surface area contributed by atoms with Crippen LogP contribution in [0, 0.1) is 15.6 Å². The fourth-order valence-corrected chi connectivity index (χ4v) is 0.706. The highest BCUT2D eigenvalue weighted by molar-refractivity contribution is 7.07. The van der Waals surface area contributed by atoms with Crippen LogP contribution in [0.25, 0.3) is 0 Å². The van der Waals surface area contributed by atoms with Crippen molar-refractivity contribution in [3.05, 3.63) is 21.0 Å². The van der Waals surface area contributed by atoms with Gasteiger partial charge in [-0.05, 0) is 0 Å². The lowest BCUT2D eigenvalue weighted by atomic mass is 10.8. The maximum Gasteiger partial charge on any atom is 0.221 e. The van der Waals surface area contributed by atoms with Crippen LogP contribution >= 0.6 is 11.3 Å². The van der Waals surface area contributed by atoms with Gasteiger partial charge in [-0.25, -0.2) is 11.3 Å². The molecule has 0 fully saturated rings. The number of rotatable bonds is 1. The average molecular weight is 129 g/mol. The van der Waals surface area contributed by atoms with Crippen LogP contribution in [0.5, 0.6) is 0 Å². The van der Waals surface area contributed by atoms with Gasteiger partial charge in [-0.2, -0.15) is 4.98 Å². The summed E-state index contributed by atoms with van der Waals surface area (Å²) >= 11 is 1.09. The number of hydrogen-bond donors (Lipinski definition) is 0. The lowest BCUT2D eigenvalue weighted by Crippen LogP contribution is -1.85. The second-order valence-corrected chi connectivity index (χ2v) is 1.71. The van der Waals surface area contributed by atoms with Crippen molar-refractivity contribution < 1.29 is 4.92 Å². The highest BCUT2D eigenvalue weighted by Crippen LogP contribution is 2.07. The molecular weight excluding hydrogens is 128 g/mol. The van der Waals surface area contributed by atoms with Gasteiger partial charge in [0.1, 0.15) is 5.51 Å². The lowest BCUT2D eigenvalue weighted by molar-refractivity contribution is -0.389. The van der Waals surface area contributed by atoms with E-state index < -0.39 is 4.92 Å². The van der Waals surface area contributed by atoms with Gasteiger partial charge in [-0.3, -0.25) is 0 Å². The maximum absolute atomic E-state index is 9.79. The summed E-state index contributed by atoms with van der Waals surface area (Å²) in [5.74, 6) is -0.130. The van der Waals surface area contributed by atoms with Crippen molar-refractivity contribution in [2.24, 2.45) is 0 Å². The van der Waals surface area contributed by atoms with Crippen LogP contribution in [0.2, 0.25) is 0 Å². The molecule has 0 saturated heterocycles. The SMILES string of the molecule is O=[N+]([O-])c1cs[c-]n1. The van der Waals surface area contributed by atoms with Gasteiger partial charge in [-0.15, -0.1) is 0 Å². The van der Waals surface area contributed by atoms with Gasteiger partial charge in [-0.1, -0.05) is 10.3 Å². The van der Waals surface area contributed by atoms with Crippen LogP contribution in [0.15, 0.2) is 5.38 Å². The quantitative estimate of drug-likeness (QED) is 0.321. The predicted octanol–water partition coefficient (Wildman–Crippen LogP) is 0.851. The summed E-state index contributed by atoms with van der Waals surface area (Å²) < 4.78 is 0. The molecular formula is C3HN2O2S-. The number of hydrogen-bond acceptors (Lipinski definition) is 4. The molecule has 0 aliphatic heterocycles. The van der Waals surface area contributed by atoms with E-state index in [0.29, 0.717) is 0 Å². The van der Waals surface area contributed by atoms with E-state index >= 15 is 0 Å². The van der Waals surface area contributed by atoms with E-state index in [9.17, 15) is 10.1 Å². The summed E-state index contributed by atoms with van der Waals surface area (Å²) in [4.78, 5) is 12.6. The Bertz CT molecular complexity index is 183. The van der Waals surface area contributed by atoms with E-state index in [2.05, 4.69) is 10.5 Å². The van der Waals surface area contributed by atoms with Crippen molar-refractivity contribution in [3.63, 3.8) is 0 Å². The zero-order valence-corrected chi connectivity index (χ0v) is 4.51. The molecule has 0 aliphatic rings. The Kier molecular flexibility index (Phi) is 1.21. The first-order valence-electron chi connectivity index (χ1n) is 1.76. The Morgan fingerprint density at radius 3 is 3.00 bits per heavy atom. The average Bonchev–Trinajstić information content (AvgIpc) is 2.12. The van der Waals surface area contributed by atoms with Gasteiger partial charge < -0.3 is 10.1 Å². The van der Waals surface area contributed by atoms with Crippen LogP contribution in [0.1, 0.15) is 0 Å². The fraction of sp³-hybridized carbons (Fsp3) is 0. The van der Waals surface area contributed by atoms with Gasteiger partial charge in [0, 0.05) is 0 Å². The topological polar surface area (TPSA) is 56.0 Å². The second kappa shape index (κ2) is 1.87. The van der Waals surface area contributed by atoms with Gasteiger partial charge in [0.25, 0.3) is 0 Å². The Labute approximate surface area is 48.9 Å². The lowest BCUT2D eigenvalue weighted by Gasteiger charge is -1.89. The molecule has 1 heterocycles. The first kappa shape index (κ1) is 5.17. The molecule has 0 N–H and O–H groups in total. The van der Waals surface area contributed by atoms with E-state index in [1.54, 1.807) is 0 Å². The second-order valence-electron chi connectivity index (χ2n) is 1.05. The predicted molar refractivity (Wildman–Crippen MR) is 27.6 cm³/mol. The Morgan fingerprint density at radius 2 is 2.75 bits per heavy atom. The molecule has 1 aromatic rings. The monoisotopic (exact) mass is 129 g/mol. The van der Waals surface area contributed by atoms with Gasteiger partial charge in [0.05, 0.1) is 0 Å². The molecule has 1 aromatic heterocycles. The molecule has 0 atom stereocenters. The molecule has 0 saturated carbocycles. The molecule has 0 amide bonds. The molecule has 0 aromatic carbocycles. The number of nitro groups is 1. The smallest absolute Gasteiger partial charge is 0.221 e. The molecule has 4 nitrogen and oxygen atoms in total. The Morgan fingerprint density at radius 1 is 2.00 bits per heavy atom. The first-order chi connectivity index (χ1) is 3.80. The summed E-state index contributed by atoms with van der Waals surface area (Å²) in [5, 5.41) is 11.1. The van der Waals surface area contributed by atoms with Crippen molar-refractivity contribution in [3.8, 4) is 0 Å². The zero-order valence-electron chi connectivity index (χ0n) is 3.70. The highest BCUT2D eigenvalue weighted by Gasteiger charge is 1.90. The molecule has 0 aliphatic carbocycles. The zero-order chi connectivity index (χ0) is 5.98. The Hall–Kier alpha value is -0.970. The summed E-state index contributed by atoms with van der Waals surface area (Å²) in [5.41, 5.74) is 2.36. The number of nitrogens with zero attached hydrogens (tertiary/aromatic N) is 2. The van der Waals surface area contributed by atoms with Crippen molar-refractivity contribution >= 4 is 17.2 Å². The molecule has 0 unspecified atom stereocenters. The number of thiazole rings is 1. The van der Waals surface area contributed by atoms with E-state index in [-0.39, 0.29) is 5.82 Å². The van der Waals surface area contributed by atoms with Crippen molar-refractivity contribution in [2.45, 2.75) is 0 Å². The van der Waals surface area contributed by atoms with Crippen LogP contribution in [-0.2, 0) is 0 Å². The first-order valence-corrected chi connectivity index (χ1v) is 2.64. The van der Waals surface area contributed by atoms with Crippen LogP contribution in [0.3, 0.4) is 0 Å². The Balaban J connectivity index is 2.93. The normalized spacial score (nSPS) is 9.00. The van der Waals surface area contributed by atoms with Crippen molar-refractivity contribution in [2.75, 3.05) is 0 Å². The largest absolute Gasteiger partial charge is 0.371 e. The summed E-state index contributed by atoms with van der Waals surface area (Å²) in [7, 11) is 0. The number of aromatic nitrogens is 1. The van der Waals surface area contributed by atoms with Crippen LogP contribution in [-0.4, -0.2) is 9.91 Å². The molecule has 0 bridgehead atoms. The minimum absolute atomic E-state index is 0.130. The summed E-state index contributed by atoms with van der Waals surface area (Å²) in [6.45, 7) is 0. The molecule has 8 heavy (non-hydrogen) atoms. The standard InChI is InChI=1S/C3HN2O2S/c6-5(7)3-1-8-2-4-3/h1H/q-1. The highest BCUT2D eigenvalue weighted by atomic mass is 32.1. The van der Waals surface area contributed by atoms with Crippen LogP contribution in [0.4, 0.5) is 5.82 Å². The summed E-state index contributed by atoms with van der Waals surface area (Å²) in [6, 6.07) is 0. The van der Waals surface area contributed by atoms with E-state index in [1.807, 2.05) is 0 Å². The molecule has 42 valence electrons. The van der Waals surface area contributed by atoms with Crippen molar-refractivity contribution in [1.29, 1.82) is 0 Å². The molecule has 5 heteroatoms. The maximum atomic E-state index is 9.79. The van der Waals surface area contributed by atoms with E-state index in [4.69, 9.17) is 0 Å². The third-order valence-corrected chi connectivity index (χ3v) is 1.09. The third kappa shape index (κ3) is 0.812. The molecule has 1 rings (SSSR count). The van der Waals surface area contributed by atoms with Gasteiger partial charge in [0.2, 0.25) is 5.82 Å². The summed E-state index contributed by atoms with van der Waals surface area (Å²) in [6.07, 6.45) is 0. The van der Waals surface area contributed by atoms with Crippen LogP contribution < -0.4 is 0 Å². The fourth-order valence-electron chi connectivity index (χ4n) is 0.262. The van der Waals surface area contributed by atoms with Gasteiger partial charge in [0.15, 0.2) is 0 Å². The minimum Gasteiger partial charge on any atom is -0.371 e. The van der Waals surface area contributed by atoms with Gasteiger partial charge >= 0.3 is 0 Å². The minimum atomic E-state index is -0.549. The molecule has 0 radical (unpaired) electrons. The van der Waals surface area contributed by atoms with E-state index in [1.165, 1.54) is 5.38 Å². The third-order valence-electron chi connectivity index (χ3n) is 0.564. The van der Waals surface area contributed by atoms with Crippen molar-refractivity contribution in [1.82, 2.24) is 4.98 Å². The van der Waals surface area contributed by atoms with E-state index in [0.717, 1.165) is 11.3 Å². The molecule has 0 spiro atoms.